The molecule has 0 fully saturated rings. The van der Waals surface area contributed by atoms with Gasteiger partial charge in [-0.1, -0.05) is 23.2 Å². The number of hydrogen-bond acceptors (Lipinski definition) is 9. The number of nitrogens with two attached hydrogens (primary N) is 2. The van der Waals surface area contributed by atoms with Crippen molar-refractivity contribution >= 4 is 35.0 Å². The van der Waals surface area contributed by atoms with Crippen LogP contribution < -0.4 is 16.8 Å². The second kappa shape index (κ2) is 9.14. The summed E-state index contributed by atoms with van der Waals surface area (Å²) in [5, 5.41) is 15.7. The van der Waals surface area contributed by atoms with Gasteiger partial charge in [0, 0.05) is 40.9 Å². The van der Waals surface area contributed by atoms with Crippen molar-refractivity contribution in [1.82, 2.24) is 19.5 Å². The molecule has 13 heteroatoms. The molecule has 1 aliphatic heterocycles. The van der Waals surface area contributed by atoms with Gasteiger partial charge < -0.3 is 21.4 Å². The summed E-state index contributed by atoms with van der Waals surface area (Å²) in [6, 6.07) is 5.09. The molecule has 0 radical (unpaired) electrons. The fourth-order valence-electron chi connectivity index (χ4n) is 3.44. The lowest BCUT2D eigenvalue weighted by Gasteiger charge is -2.28. The molecule has 0 bridgehead atoms. The van der Waals surface area contributed by atoms with E-state index in [9.17, 15) is 10.1 Å². The Kier molecular flexibility index (Phi) is 6.27. The summed E-state index contributed by atoms with van der Waals surface area (Å²) in [6.45, 7) is 0.159. The van der Waals surface area contributed by atoms with Gasteiger partial charge in [0.2, 0.25) is 5.95 Å². The Morgan fingerprint density at radius 3 is 2.82 bits per heavy atom. The van der Waals surface area contributed by atoms with E-state index in [4.69, 9.17) is 34.7 Å². The predicted octanol–water partition coefficient (Wildman–Crippen LogP) is 2.67. The molecular formula is C20H19Cl2N9O2. The highest BCUT2D eigenvalue weighted by Gasteiger charge is 2.48. The van der Waals surface area contributed by atoms with Crippen LogP contribution in [-0.4, -0.2) is 48.5 Å². The molecule has 4 rings (SSSR count). The predicted molar refractivity (Wildman–Crippen MR) is 126 cm³/mol. The number of amidine groups is 1. The lowest BCUT2D eigenvalue weighted by molar-refractivity contribution is -0.559. The second-order valence-electron chi connectivity index (χ2n) is 7.28. The third kappa shape index (κ3) is 4.51. The van der Waals surface area contributed by atoms with Gasteiger partial charge >= 0.3 is 0 Å². The van der Waals surface area contributed by atoms with Crippen molar-refractivity contribution in [3.63, 3.8) is 0 Å². The van der Waals surface area contributed by atoms with Gasteiger partial charge in [-0.2, -0.15) is 0 Å². The molecule has 0 saturated carbocycles. The van der Waals surface area contributed by atoms with Crippen molar-refractivity contribution < 1.29 is 4.92 Å². The van der Waals surface area contributed by atoms with Crippen LogP contribution in [0, 0.1) is 10.1 Å². The Morgan fingerprint density at radius 1 is 1.33 bits per heavy atom. The molecule has 5 N–H and O–H groups in total. The smallest absolute Gasteiger partial charge is 0.277 e. The molecule has 0 saturated heterocycles. The fourth-order valence-corrected chi connectivity index (χ4v) is 3.94. The maximum atomic E-state index is 11.8. The van der Waals surface area contributed by atoms with Gasteiger partial charge in [-0.3, -0.25) is 10.1 Å². The first kappa shape index (κ1) is 22.6. The van der Waals surface area contributed by atoms with Gasteiger partial charge in [0.25, 0.3) is 5.54 Å². The van der Waals surface area contributed by atoms with Crippen LogP contribution in [0.4, 0.5) is 5.95 Å². The summed E-state index contributed by atoms with van der Waals surface area (Å²) in [4.78, 5) is 28.3. The first-order valence-electron chi connectivity index (χ1n) is 9.77. The summed E-state index contributed by atoms with van der Waals surface area (Å²) in [6.07, 6.45) is 8.31. The van der Waals surface area contributed by atoms with Gasteiger partial charge in [-0.15, -0.1) is 0 Å². The number of nitrogens with one attached hydrogen (secondary N) is 1. The third-order valence-corrected chi connectivity index (χ3v) is 5.78. The SMILES string of the molecule is NC1=NC(N)C(CCNc2ncc(-n3ccnc3)c(-c3ccc(Cl)cc3Cl)n2)([N+](=O)[O-])C=C1. The standard InChI is InChI=1S/C20H19Cl2N9O2/c21-12-1-2-13(14(22)9-12)17-15(30-8-7-25-11-30)10-27-19(29-17)26-6-5-20(31(32)33)4-3-16(23)28-18(20)24/h1-4,7-11,18H,5-6,24H2,(H2,23,28)(H,26,27,29). The maximum Gasteiger partial charge on any atom is 0.277 e. The first-order valence-corrected chi connectivity index (χ1v) is 10.5. The summed E-state index contributed by atoms with van der Waals surface area (Å²) >= 11 is 12.5. The van der Waals surface area contributed by atoms with Crippen LogP contribution >= 0.6 is 23.2 Å². The van der Waals surface area contributed by atoms with Crippen LogP contribution in [0.25, 0.3) is 16.9 Å². The minimum Gasteiger partial charge on any atom is -0.384 e. The van der Waals surface area contributed by atoms with E-state index in [0.29, 0.717) is 27.0 Å². The zero-order valence-corrected chi connectivity index (χ0v) is 18.6. The van der Waals surface area contributed by atoms with E-state index in [-0.39, 0.29) is 24.7 Å². The summed E-state index contributed by atoms with van der Waals surface area (Å²) in [5.41, 5.74) is 11.8. The zero-order chi connectivity index (χ0) is 23.6. The van der Waals surface area contributed by atoms with Crippen LogP contribution in [-0.2, 0) is 0 Å². The van der Waals surface area contributed by atoms with Gasteiger partial charge in [0.1, 0.15) is 11.5 Å². The molecule has 2 aromatic heterocycles. The number of rotatable bonds is 7. The molecular weight excluding hydrogens is 469 g/mol. The van der Waals surface area contributed by atoms with Crippen LogP contribution in [0.5, 0.6) is 0 Å². The Labute approximate surface area is 198 Å². The fraction of sp³-hybridized carbons (Fsp3) is 0.200. The normalized spacial score (nSPS) is 19.8. The van der Waals surface area contributed by atoms with E-state index < -0.39 is 16.6 Å². The summed E-state index contributed by atoms with van der Waals surface area (Å²) in [5.74, 6) is 0.408. The highest BCUT2D eigenvalue weighted by atomic mass is 35.5. The summed E-state index contributed by atoms with van der Waals surface area (Å²) < 4.78 is 1.75. The maximum absolute atomic E-state index is 11.8. The average molecular weight is 488 g/mol. The molecule has 0 spiro atoms. The van der Waals surface area contributed by atoms with Crippen molar-refractivity contribution in [2.75, 3.05) is 11.9 Å². The van der Waals surface area contributed by atoms with E-state index in [0.717, 1.165) is 0 Å². The zero-order valence-electron chi connectivity index (χ0n) is 17.1. The van der Waals surface area contributed by atoms with Gasteiger partial charge in [0.15, 0.2) is 6.17 Å². The van der Waals surface area contributed by atoms with Crippen LogP contribution in [0.2, 0.25) is 10.0 Å². The average Bonchev–Trinajstić information content (AvgIpc) is 3.30. The number of nitrogens with zero attached hydrogens (tertiary/aromatic N) is 6. The molecule has 2 unspecified atom stereocenters. The molecule has 170 valence electrons. The first-order chi connectivity index (χ1) is 15.8. The second-order valence-corrected chi connectivity index (χ2v) is 8.12. The van der Waals surface area contributed by atoms with E-state index in [1.165, 1.54) is 12.2 Å². The number of hydrogen-bond donors (Lipinski definition) is 3. The van der Waals surface area contributed by atoms with E-state index in [1.54, 1.807) is 47.7 Å². The lowest BCUT2D eigenvalue weighted by atomic mass is 9.90. The van der Waals surface area contributed by atoms with Gasteiger partial charge in [-0.05, 0) is 30.4 Å². The lowest BCUT2D eigenvalue weighted by Crippen LogP contribution is -2.54. The number of benzene rings is 1. The minimum absolute atomic E-state index is 0.0398. The van der Waals surface area contributed by atoms with E-state index >= 15 is 0 Å². The van der Waals surface area contributed by atoms with Crippen LogP contribution in [0.15, 0.2) is 60.3 Å². The van der Waals surface area contributed by atoms with Gasteiger partial charge in [-0.25, -0.2) is 19.9 Å². The molecule has 0 amide bonds. The Balaban J connectivity index is 1.62. The molecule has 1 aliphatic rings. The van der Waals surface area contributed by atoms with E-state index in [1.807, 2.05) is 0 Å². The number of imidazole rings is 1. The van der Waals surface area contributed by atoms with Crippen LogP contribution in [0.1, 0.15) is 6.42 Å². The number of halogens is 2. The molecule has 3 heterocycles. The largest absolute Gasteiger partial charge is 0.384 e. The van der Waals surface area contributed by atoms with Crippen molar-refractivity contribution in [3.05, 3.63) is 75.4 Å². The van der Waals surface area contributed by atoms with E-state index in [2.05, 4.69) is 25.3 Å². The molecule has 0 aliphatic carbocycles. The summed E-state index contributed by atoms with van der Waals surface area (Å²) in [7, 11) is 0. The molecule has 1 aromatic carbocycles. The van der Waals surface area contributed by atoms with Gasteiger partial charge in [0.05, 0.1) is 23.2 Å². The molecule has 11 nitrogen and oxygen atoms in total. The highest BCUT2D eigenvalue weighted by molar-refractivity contribution is 6.36. The number of anilines is 1. The van der Waals surface area contributed by atoms with Crippen molar-refractivity contribution in [2.24, 2.45) is 16.5 Å². The highest BCUT2D eigenvalue weighted by Crippen LogP contribution is 2.33. The number of aromatic nitrogens is 4. The van der Waals surface area contributed by atoms with Crippen LogP contribution in [0.3, 0.4) is 0 Å². The topological polar surface area (TPSA) is 163 Å². The molecule has 2 atom stereocenters. The Hall–Kier alpha value is -3.54. The van der Waals surface area contributed by atoms with Crippen molar-refractivity contribution in [1.29, 1.82) is 0 Å². The minimum atomic E-state index is -1.59. The number of dihydropyridines is 1. The quantitative estimate of drug-likeness (QED) is 0.338. The Bertz CT molecular complexity index is 1250. The third-order valence-electron chi connectivity index (χ3n) is 5.23. The number of aliphatic imine (C=N–C) groups is 1. The van der Waals surface area contributed by atoms with Crippen molar-refractivity contribution in [3.8, 4) is 16.9 Å². The monoisotopic (exact) mass is 487 g/mol. The molecule has 33 heavy (non-hydrogen) atoms. The molecule has 3 aromatic rings. The Morgan fingerprint density at radius 2 is 2.15 bits per heavy atom. The van der Waals surface area contributed by atoms with Crippen molar-refractivity contribution in [2.45, 2.75) is 18.1 Å². The number of nitro groups is 1.